The molecule has 1 aromatic rings. The number of amides is 1. The summed E-state index contributed by atoms with van der Waals surface area (Å²) in [6.45, 7) is 4.82. The van der Waals surface area contributed by atoms with Crippen molar-refractivity contribution in [3.05, 3.63) is 41.2 Å². The lowest BCUT2D eigenvalue weighted by molar-refractivity contribution is -0.202. The van der Waals surface area contributed by atoms with E-state index in [1.165, 1.54) is 24.0 Å². The van der Waals surface area contributed by atoms with Crippen LogP contribution in [0.1, 0.15) is 56.1 Å². The summed E-state index contributed by atoms with van der Waals surface area (Å²) in [7, 11) is 0. The SMILES string of the molecule is Cc1ccncc1COC1CCOC2(C1)CN(C(=O)CC1=CCCCC1)C2. The molecule has 1 atom stereocenters. The van der Waals surface area contributed by atoms with Crippen molar-refractivity contribution in [1.82, 2.24) is 9.88 Å². The zero-order valence-corrected chi connectivity index (χ0v) is 16.3. The number of ether oxygens (including phenoxy) is 2. The number of nitrogens with zero attached hydrogens (tertiary/aromatic N) is 2. The highest BCUT2D eigenvalue weighted by molar-refractivity contribution is 5.80. The fourth-order valence-corrected chi connectivity index (χ4v) is 4.40. The fraction of sp³-hybridized carbons (Fsp3) is 0.636. The minimum Gasteiger partial charge on any atom is -0.373 e. The molecule has 0 aromatic carbocycles. The standard InChI is InChI=1S/C22H30N2O3/c1-17-7-9-23-13-19(17)14-26-20-8-10-27-22(12-20)15-24(16-22)21(25)11-18-5-3-2-4-6-18/h5,7,9,13,20H,2-4,6,8,10-12,14-16H2,1H3. The maximum absolute atomic E-state index is 12.5. The minimum atomic E-state index is -0.191. The average molecular weight is 370 g/mol. The number of aryl methyl sites for hydroxylation is 1. The first-order valence-electron chi connectivity index (χ1n) is 10.2. The topological polar surface area (TPSA) is 51.7 Å². The lowest BCUT2D eigenvalue weighted by Gasteiger charge is -2.53. The molecule has 1 amide bonds. The number of carbonyl (C=O) groups excluding carboxylic acids is 1. The molecule has 2 aliphatic heterocycles. The Kier molecular flexibility index (Phi) is 5.60. The van der Waals surface area contributed by atoms with Gasteiger partial charge in [0.05, 0.1) is 25.8 Å². The van der Waals surface area contributed by atoms with Gasteiger partial charge in [-0.05, 0) is 56.2 Å². The van der Waals surface area contributed by atoms with Crippen LogP contribution >= 0.6 is 0 Å². The van der Waals surface area contributed by atoms with Crippen LogP contribution in [0.2, 0.25) is 0 Å². The number of pyridine rings is 1. The number of carbonyl (C=O) groups is 1. The largest absolute Gasteiger partial charge is 0.373 e. The molecule has 0 radical (unpaired) electrons. The van der Waals surface area contributed by atoms with Crippen LogP contribution in [0.15, 0.2) is 30.1 Å². The van der Waals surface area contributed by atoms with Gasteiger partial charge >= 0.3 is 0 Å². The molecule has 0 saturated carbocycles. The van der Waals surface area contributed by atoms with Crippen molar-refractivity contribution >= 4 is 5.91 Å². The summed E-state index contributed by atoms with van der Waals surface area (Å²) in [6.07, 6.45) is 13.2. The third kappa shape index (κ3) is 4.41. The monoisotopic (exact) mass is 370 g/mol. The van der Waals surface area contributed by atoms with Gasteiger partial charge in [0.2, 0.25) is 5.91 Å². The molecule has 0 N–H and O–H groups in total. The van der Waals surface area contributed by atoms with E-state index in [0.29, 0.717) is 32.7 Å². The third-order valence-corrected chi connectivity index (χ3v) is 6.14. The molecule has 146 valence electrons. The number of rotatable bonds is 5. The van der Waals surface area contributed by atoms with Crippen molar-refractivity contribution in [3.63, 3.8) is 0 Å². The molecule has 0 bridgehead atoms. The normalized spacial score (nSPS) is 24.4. The molecule has 1 unspecified atom stereocenters. The molecular weight excluding hydrogens is 340 g/mol. The summed E-state index contributed by atoms with van der Waals surface area (Å²) >= 11 is 0. The minimum absolute atomic E-state index is 0.191. The number of allylic oxidation sites excluding steroid dienone is 1. The molecule has 1 aromatic heterocycles. The number of aromatic nitrogens is 1. The van der Waals surface area contributed by atoms with E-state index < -0.39 is 0 Å². The highest BCUT2D eigenvalue weighted by Crippen LogP contribution is 2.36. The van der Waals surface area contributed by atoms with Crippen LogP contribution in [0.25, 0.3) is 0 Å². The van der Waals surface area contributed by atoms with Crippen molar-refractivity contribution in [3.8, 4) is 0 Å². The summed E-state index contributed by atoms with van der Waals surface area (Å²) in [5.74, 6) is 0.256. The van der Waals surface area contributed by atoms with Crippen LogP contribution in [0.5, 0.6) is 0 Å². The van der Waals surface area contributed by atoms with Gasteiger partial charge in [-0.25, -0.2) is 0 Å². The van der Waals surface area contributed by atoms with Gasteiger partial charge < -0.3 is 14.4 Å². The summed E-state index contributed by atoms with van der Waals surface area (Å²) in [5, 5.41) is 0. The molecule has 2 fully saturated rings. The Morgan fingerprint density at radius 3 is 3.07 bits per heavy atom. The zero-order chi connectivity index (χ0) is 18.7. The molecule has 3 heterocycles. The number of hydrogen-bond acceptors (Lipinski definition) is 4. The van der Waals surface area contributed by atoms with E-state index in [0.717, 1.165) is 31.2 Å². The van der Waals surface area contributed by atoms with Crippen molar-refractivity contribution in [1.29, 1.82) is 0 Å². The van der Waals surface area contributed by atoms with Gasteiger partial charge in [-0.15, -0.1) is 0 Å². The Bertz CT molecular complexity index is 709. The van der Waals surface area contributed by atoms with E-state index in [4.69, 9.17) is 9.47 Å². The maximum Gasteiger partial charge on any atom is 0.226 e. The average Bonchev–Trinajstić information content (AvgIpc) is 2.66. The smallest absolute Gasteiger partial charge is 0.226 e. The van der Waals surface area contributed by atoms with Gasteiger partial charge in [-0.3, -0.25) is 9.78 Å². The predicted molar refractivity (Wildman–Crippen MR) is 103 cm³/mol. The first kappa shape index (κ1) is 18.6. The maximum atomic E-state index is 12.5. The molecule has 3 aliphatic rings. The lowest BCUT2D eigenvalue weighted by Crippen LogP contribution is -2.67. The lowest BCUT2D eigenvalue weighted by atomic mass is 9.84. The van der Waals surface area contributed by atoms with Gasteiger partial charge in [-0.2, -0.15) is 0 Å². The predicted octanol–water partition coefficient (Wildman–Crippen LogP) is 3.56. The number of likely N-dealkylation sites (tertiary alicyclic amines) is 1. The third-order valence-electron chi connectivity index (χ3n) is 6.14. The van der Waals surface area contributed by atoms with Crippen molar-refractivity contribution in [2.45, 2.75) is 70.2 Å². The van der Waals surface area contributed by atoms with E-state index in [9.17, 15) is 4.79 Å². The second kappa shape index (κ2) is 8.11. The molecule has 2 saturated heterocycles. The quantitative estimate of drug-likeness (QED) is 0.744. The Labute approximate surface area is 161 Å². The van der Waals surface area contributed by atoms with Gasteiger partial charge in [0, 0.05) is 31.8 Å². The second-order valence-corrected chi connectivity index (χ2v) is 8.29. The molecule has 1 spiro atoms. The first-order chi connectivity index (χ1) is 13.1. The van der Waals surface area contributed by atoms with Crippen LogP contribution in [0, 0.1) is 6.92 Å². The summed E-state index contributed by atoms with van der Waals surface area (Å²) in [4.78, 5) is 18.7. The van der Waals surface area contributed by atoms with E-state index in [1.54, 1.807) is 0 Å². The van der Waals surface area contributed by atoms with Crippen LogP contribution in [0.4, 0.5) is 0 Å². The fourth-order valence-electron chi connectivity index (χ4n) is 4.40. The van der Waals surface area contributed by atoms with Crippen molar-refractivity contribution in [2.24, 2.45) is 0 Å². The van der Waals surface area contributed by atoms with Crippen molar-refractivity contribution in [2.75, 3.05) is 19.7 Å². The van der Waals surface area contributed by atoms with Crippen LogP contribution < -0.4 is 0 Å². The van der Waals surface area contributed by atoms with E-state index in [-0.39, 0.29) is 17.6 Å². The number of hydrogen-bond donors (Lipinski definition) is 0. The van der Waals surface area contributed by atoms with E-state index >= 15 is 0 Å². The van der Waals surface area contributed by atoms with Gasteiger partial charge in [0.1, 0.15) is 5.60 Å². The molecule has 5 heteroatoms. The van der Waals surface area contributed by atoms with Crippen molar-refractivity contribution < 1.29 is 14.3 Å². The molecule has 27 heavy (non-hydrogen) atoms. The van der Waals surface area contributed by atoms with Gasteiger partial charge in [-0.1, -0.05) is 11.6 Å². The summed E-state index contributed by atoms with van der Waals surface area (Å²) in [5.41, 5.74) is 3.49. The molecule has 4 rings (SSSR count). The summed E-state index contributed by atoms with van der Waals surface area (Å²) < 4.78 is 12.2. The molecular formula is C22H30N2O3. The van der Waals surface area contributed by atoms with Crippen LogP contribution in [0.3, 0.4) is 0 Å². The van der Waals surface area contributed by atoms with Gasteiger partial charge in [0.25, 0.3) is 0 Å². The Morgan fingerprint density at radius 2 is 2.30 bits per heavy atom. The Hall–Kier alpha value is -1.72. The zero-order valence-electron chi connectivity index (χ0n) is 16.3. The van der Waals surface area contributed by atoms with Crippen LogP contribution in [-0.4, -0.2) is 47.2 Å². The molecule has 1 aliphatic carbocycles. The second-order valence-electron chi connectivity index (χ2n) is 8.29. The Morgan fingerprint density at radius 1 is 1.41 bits per heavy atom. The van der Waals surface area contributed by atoms with E-state index in [2.05, 4.69) is 18.0 Å². The Balaban J connectivity index is 1.26. The highest BCUT2D eigenvalue weighted by Gasteiger charge is 2.49. The molecule has 5 nitrogen and oxygen atoms in total. The van der Waals surface area contributed by atoms with Crippen LogP contribution in [-0.2, 0) is 20.9 Å². The van der Waals surface area contributed by atoms with Gasteiger partial charge in [0.15, 0.2) is 0 Å². The summed E-state index contributed by atoms with van der Waals surface area (Å²) in [6, 6.07) is 2.02. The first-order valence-corrected chi connectivity index (χ1v) is 10.2. The highest BCUT2D eigenvalue weighted by atomic mass is 16.5. The van der Waals surface area contributed by atoms with E-state index in [1.807, 2.05) is 23.4 Å².